The quantitative estimate of drug-likeness (QED) is 0.266. The highest BCUT2D eigenvalue weighted by Gasteiger charge is 2.15. The van der Waals surface area contributed by atoms with Crippen molar-refractivity contribution in [2.24, 2.45) is 0 Å². The molecule has 1 amide bonds. The van der Waals surface area contributed by atoms with Crippen LogP contribution in [0.3, 0.4) is 0 Å². The van der Waals surface area contributed by atoms with Gasteiger partial charge in [0.05, 0.1) is 22.8 Å². The molecule has 3 aromatic carbocycles. The lowest BCUT2D eigenvalue weighted by atomic mass is 10.1. The van der Waals surface area contributed by atoms with Gasteiger partial charge in [-0.1, -0.05) is 75.5 Å². The molecule has 0 fully saturated rings. The van der Waals surface area contributed by atoms with E-state index < -0.39 is 5.91 Å². The molecule has 32 heavy (non-hydrogen) atoms. The molecule has 0 atom stereocenters. The number of nitriles is 1. The van der Waals surface area contributed by atoms with Gasteiger partial charge in [-0.3, -0.25) is 4.79 Å². The zero-order valence-electron chi connectivity index (χ0n) is 16.9. The second kappa shape index (κ2) is 11.1. The van der Waals surface area contributed by atoms with E-state index in [0.717, 1.165) is 5.56 Å². The monoisotopic (exact) mass is 530 g/mol. The minimum Gasteiger partial charge on any atom is -0.493 e. The Morgan fingerprint density at radius 3 is 2.56 bits per heavy atom. The third-order valence-corrected chi connectivity index (χ3v) is 5.89. The van der Waals surface area contributed by atoms with Crippen molar-refractivity contribution in [1.29, 1.82) is 5.26 Å². The summed E-state index contributed by atoms with van der Waals surface area (Å²) in [7, 11) is 1.52. The Bertz CT molecular complexity index is 1210. The lowest BCUT2D eigenvalue weighted by Crippen LogP contribution is -2.13. The molecule has 0 radical (unpaired) electrons. The molecular weight excluding hydrogens is 515 g/mol. The van der Waals surface area contributed by atoms with Gasteiger partial charge >= 0.3 is 0 Å². The van der Waals surface area contributed by atoms with Gasteiger partial charge in [0.1, 0.15) is 18.2 Å². The van der Waals surface area contributed by atoms with Crippen molar-refractivity contribution in [3.63, 3.8) is 0 Å². The smallest absolute Gasteiger partial charge is 0.266 e. The molecule has 8 heteroatoms. The number of carbonyl (C=O) groups excluding carboxylic acids is 1. The number of anilines is 1. The molecule has 0 aliphatic rings. The number of ether oxygens (including phenoxy) is 2. The van der Waals surface area contributed by atoms with Crippen LogP contribution in [0.25, 0.3) is 6.08 Å². The van der Waals surface area contributed by atoms with Gasteiger partial charge in [-0.2, -0.15) is 5.26 Å². The second-order valence-corrected chi connectivity index (χ2v) is 8.16. The molecule has 5 nitrogen and oxygen atoms in total. The highest BCUT2D eigenvalue weighted by atomic mass is 79.9. The maximum atomic E-state index is 12.6. The number of hydrogen-bond acceptors (Lipinski definition) is 4. The Labute approximate surface area is 204 Å². The first kappa shape index (κ1) is 23.7. The predicted molar refractivity (Wildman–Crippen MR) is 130 cm³/mol. The first-order valence-corrected chi connectivity index (χ1v) is 10.9. The van der Waals surface area contributed by atoms with E-state index in [0.29, 0.717) is 38.9 Å². The van der Waals surface area contributed by atoms with Crippen LogP contribution in [-0.4, -0.2) is 13.0 Å². The van der Waals surface area contributed by atoms with Crippen molar-refractivity contribution in [1.82, 2.24) is 0 Å². The molecule has 3 aromatic rings. The minimum absolute atomic E-state index is 0.123. The van der Waals surface area contributed by atoms with Crippen LogP contribution >= 0.6 is 39.1 Å². The summed E-state index contributed by atoms with van der Waals surface area (Å²) in [6.45, 7) is 0.366. The Hall–Kier alpha value is -2.98. The molecule has 162 valence electrons. The SMILES string of the molecule is COc1cc(/C=C(/C#N)C(=O)Nc2cccc(Cl)c2Cl)c(Br)cc1OCc1ccccc1. The number of amides is 1. The average Bonchev–Trinajstić information content (AvgIpc) is 2.80. The lowest BCUT2D eigenvalue weighted by Gasteiger charge is -2.13. The summed E-state index contributed by atoms with van der Waals surface area (Å²) in [5.41, 5.74) is 1.77. The summed E-state index contributed by atoms with van der Waals surface area (Å²) in [4.78, 5) is 12.6. The van der Waals surface area contributed by atoms with Crippen molar-refractivity contribution in [2.45, 2.75) is 6.61 Å². The summed E-state index contributed by atoms with van der Waals surface area (Å²) >= 11 is 15.6. The van der Waals surface area contributed by atoms with E-state index in [-0.39, 0.29) is 10.6 Å². The van der Waals surface area contributed by atoms with E-state index in [2.05, 4.69) is 21.2 Å². The largest absolute Gasteiger partial charge is 0.493 e. The van der Waals surface area contributed by atoms with Gasteiger partial charge in [0.25, 0.3) is 5.91 Å². The highest BCUT2D eigenvalue weighted by Crippen LogP contribution is 2.35. The molecule has 0 bridgehead atoms. The number of hydrogen-bond donors (Lipinski definition) is 1. The van der Waals surface area contributed by atoms with E-state index in [1.165, 1.54) is 13.2 Å². The molecule has 0 unspecified atom stereocenters. The van der Waals surface area contributed by atoms with Crippen LogP contribution in [0.15, 0.2) is 70.7 Å². The molecule has 0 aromatic heterocycles. The van der Waals surface area contributed by atoms with Crippen molar-refractivity contribution in [3.05, 3.63) is 91.9 Å². The number of nitrogens with one attached hydrogen (secondary N) is 1. The summed E-state index contributed by atoms with van der Waals surface area (Å²) in [5, 5.41) is 12.6. The van der Waals surface area contributed by atoms with E-state index in [4.69, 9.17) is 32.7 Å². The van der Waals surface area contributed by atoms with Crippen molar-refractivity contribution >= 4 is 56.8 Å². The molecular formula is C24H17BrCl2N2O3. The number of benzene rings is 3. The average molecular weight is 532 g/mol. The summed E-state index contributed by atoms with van der Waals surface area (Å²) in [6, 6.07) is 19.9. The number of halogens is 3. The van der Waals surface area contributed by atoms with Gasteiger partial charge in [0.15, 0.2) is 11.5 Å². The van der Waals surface area contributed by atoms with Crippen molar-refractivity contribution in [3.8, 4) is 17.6 Å². The van der Waals surface area contributed by atoms with Crippen LogP contribution < -0.4 is 14.8 Å². The topological polar surface area (TPSA) is 71.3 Å². The Morgan fingerprint density at radius 2 is 1.88 bits per heavy atom. The van der Waals surface area contributed by atoms with Gasteiger partial charge in [-0.15, -0.1) is 0 Å². The predicted octanol–water partition coefficient (Wildman–Crippen LogP) is 6.89. The molecule has 0 spiro atoms. The number of rotatable bonds is 7. The molecule has 3 rings (SSSR count). The number of nitrogens with zero attached hydrogens (tertiary/aromatic N) is 1. The maximum Gasteiger partial charge on any atom is 0.266 e. The number of methoxy groups -OCH3 is 1. The fraction of sp³-hybridized carbons (Fsp3) is 0.0833. The van der Waals surface area contributed by atoms with Crippen LogP contribution in [-0.2, 0) is 11.4 Å². The van der Waals surface area contributed by atoms with Crippen LogP contribution in [0.4, 0.5) is 5.69 Å². The summed E-state index contributed by atoms with van der Waals surface area (Å²) in [6.07, 6.45) is 1.45. The Morgan fingerprint density at radius 1 is 1.12 bits per heavy atom. The Kier molecular flexibility index (Phi) is 8.18. The molecule has 0 saturated heterocycles. The third kappa shape index (κ3) is 5.83. The van der Waals surface area contributed by atoms with Gasteiger partial charge < -0.3 is 14.8 Å². The summed E-state index contributed by atoms with van der Waals surface area (Å²) in [5.74, 6) is 0.368. The molecule has 0 aliphatic heterocycles. The fourth-order valence-electron chi connectivity index (χ4n) is 2.76. The Balaban J connectivity index is 1.84. The fourth-order valence-corrected chi connectivity index (χ4v) is 3.55. The zero-order valence-corrected chi connectivity index (χ0v) is 20.0. The van der Waals surface area contributed by atoms with Crippen LogP contribution in [0, 0.1) is 11.3 Å². The molecule has 0 saturated carbocycles. The van der Waals surface area contributed by atoms with Gasteiger partial charge in [-0.05, 0) is 41.5 Å². The van der Waals surface area contributed by atoms with E-state index in [9.17, 15) is 10.1 Å². The lowest BCUT2D eigenvalue weighted by molar-refractivity contribution is -0.112. The van der Waals surface area contributed by atoms with E-state index >= 15 is 0 Å². The van der Waals surface area contributed by atoms with Crippen molar-refractivity contribution in [2.75, 3.05) is 12.4 Å². The van der Waals surface area contributed by atoms with Crippen molar-refractivity contribution < 1.29 is 14.3 Å². The van der Waals surface area contributed by atoms with Gasteiger partial charge in [0.2, 0.25) is 0 Å². The van der Waals surface area contributed by atoms with Gasteiger partial charge in [-0.25, -0.2) is 0 Å². The molecule has 1 N–H and O–H groups in total. The molecule has 0 aliphatic carbocycles. The minimum atomic E-state index is -0.619. The van der Waals surface area contributed by atoms with E-state index in [1.54, 1.807) is 30.3 Å². The standard InChI is InChI=1S/C24H17BrCl2N2O3/c1-31-21-11-16(18(25)12-22(21)32-14-15-6-3-2-4-7-15)10-17(13-28)24(30)29-20-9-5-8-19(26)23(20)27/h2-12H,14H2,1H3,(H,29,30)/b17-10-. The highest BCUT2D eigenvalue weighted by molar-refractivity contribution is 9.10. The first-order chi connectivity index (χ1) is 15.4. The second-order valence-electron chi connectivity index (χ2n) is 6.52. The van der Waals surface area contributed by atoms with Crippen LogP contribution in [0.2, 0.25) is 10.0 Å². The third-order valence-electron chi connectivity index (χ3n) is 4.38. The number of carbonyl (C=O) groups is 1. The molecule has 0 heterocycles. The first-order valence-electron chi connectivity index (χ1n) is 9.34. The van der Waals surface area contributed by atoms with Gasteiger partial charge in [0, 0.05) is 4.47 Å². The maximum absolute atomic E-state index is 12.6. The van der Waals surface area contributed by atoms with Crippen LogP contribution in [0.5, 0.6) is 11.5 Å². The van der Waals surface area contributed by atoms with Crippen LogP contribution in [0.1, 0.15) is 11.1 Å². The summed E-state index contributed by atoms with van der Waals surface area (Å²) < 4.78 is 12.0. The zero-order chi connectivity index (χ0) is 23.1. The normalized spacial score (nSPS) is 10.9. The van der Waals surface area contributed by atoms with E-state index in [1.807, 2.05) is 36.4 Å².